The van der Waals surface area contributed by atoms with Gasteiger partial charge in [-0.2, -0.15) is 0 Å². The molecule has 0 aliphatic carbocycles. The zero-order valence-corrected chi connectivity index (χ0v) is 16.6. The van der Waals surface area contributed by atoms with Gasteiger partial charge < -0.3 is 14.7 Å². The first-order valence-corrected chi connectivity index (χ1v) is 9.91. The molecule has 7 heteroatoms. The number of amides is 1. The van der Waals surface area contributed by atoms with Crippen molar-refractivity contribution in [1.82, 2.24) is 4.90 Å². The van der Waals surface area contributed by atoms with Gasteiger partial charge in [-0.25, -0.2) is 0 Å². The Balaban J connectivity index is 2.19. The molecule has 1 N–H and O–H groups in total. The zero-order chi connectivity index (χ0) is 19.6. The fourth-order valence-electron chi connectivity index (χ4n) is 3.19. The predicted octanol–water partition coefficient (Wildman–Crippen LogP) is 4.63. The number of ketones is 1. The van der Waals surface area contributed by atoms with E-state index in [0.29, 0.717) is 22.9 Å². The summed E-state index contributed by atoms with van der Waals surface area (Å²) in [5.74, 6) is -1.18. The first kappa shape index (κ1) is 19.5. The Morgan fingerprint density at radius 1 is 1.33 bits per heavy atom. The number of thiophene rings is 1. The van der Waals surface area contributed by atoms with E-state index in [2.05, 4.69) is 0 Å². The van der Waals surface area contributed by atoms with Crippen molar-refractivity contribution < 1.29 is 19.4 Å². The van der Waals surface area contributed by atoms with Crippen molar-refractivity contribution in [1.29, 1.82) is 0 Å². The molecule has 1 aliphatic heterocycles. The summed E-state index contributed by atoms with van der Waals surface area (Å²) in [6, 6.07) is 7.89. The van der Waals surface area contributed by atoms with Crippen LogP contribution in [0, 0.1) is 0 Å². The van der Waals surface area contributed by atoms with Gasteiger partial charge in [0.2, 0.25) is 0 Å². The maximum Gasteiger partial charge on any atom is 0.295 e. The highest BCUT2D eigenvalue weighted by molar-refractivity contribution is 7.10. The lowest BCUT2D eigenvalue weighted by atomic mass is 9.99. The molecule has 1 aromatic heterocycles. The van der Waals surface area contributed by atoms with E-state index < -0.39 is 17.7 Å². The van der Waals surface area contributed by atoms with Crippen LogP contribution in [0.1, 0.15) is 36.2 Å². The quantitative estimate of drug-likeness (QED) is 0.432. The number of halogens is 1. The molecule has 1 amide bonds. The maximum absolute atomic E-state index is 12.8. The average Bonchev–Trinajstić information content (AvgIpc) is 3.27. The van der Waals surface area contributed by atoms with Crippen LogP contribution in [0.2, 0.25) is 5.02 Å². The minimum absolute atomic E-state index is 0.0686. The molecular weight excluding hydrogens is 386 g/mol. The number of methoxy groups -OCH3 is 1. The van der Waals surface area contributed by atoms with Crippen LogP contribution in [0.4, 0.5) is 0 Å². The van der Waals surface area contributed by atoms with Crippen molar-refractivity contribution in [3.8, 4) is 5.75 Å². The topological polar surface area (TPSA) is 66.8 Å². The van der Waals surface area contributed by atoms with E-state index in [0.717, 1.165) is 17.7 Å². The number of likely N-dealkylation sites (tertiary alicyclic amines) is 1. The van der Waals surface area contributed by atoms with Gasteiger partial charge in [0.1, 0.15) is 11.5 Å². The molecule has 1 saturated heterocycles. The van der Waals surface area contributed by atoms with Gasteiger partial charge in [0.15, 0.2) is 0 Å². The van der Waals surface area contributed by atoms with Crippen LogP contribution in [0.25, 0.3) is 5.76 Å². The molecule has 2 heterocycles. The van der Waals surface area contributed by atoms with Crippen LogP contribution in [0.3, 0.4) is 0 Å². The van der Waals surface area contributed by atoms with Gasteiger partial charge in [-0.15, -0.1) is 11.3 Å². The summed E-state index contributed by atoms with van der Waals surface area (Å²) < 4.78 is 5.30. The highest BCUT2D eigenvalue weighted by atomic mass is 35.5. The third kappa shape index (κ3) is 3.59. The molecule has 1 aliphatic rings. The molecule has 1 unspecified atom stereocenters. The van der Waals surface area contributed by atoms with Gasteiger partial charge in [0, 0.05) is 16.4 Å². The highest BCUT2D eigenvalue weighted by Gasteiger charge is 2.46. The van der Waals surface area contributed by atoms with Crippen molar-refractivity contribution in [3.05, 3.63) is 56.7 Å². The van der Waals surface area contributed by atoms with Crippen molar-refractivity contribution in [2.24, 2.45) is 0 Å². The largest absolute Gasteiger partial charge is 0.507 e. The molecule has 0 radical (unpaired) electrons. The van der Waals surface area contributed by atoms with Gasteiger partial charge in [0.25, 0.3) is 11.7 Å². The van der Waals surface area contributed by atoms with Gasteiger partial charge >= 0.3 is 0 Å². The second-order valence-corrected chi connectivity index (χ2v) is 7.62. The van der Waals surface area contributed by atoms with Gasteiger partial charge in [0.05, 0.1) is 24.3 Å². The number of carbonyl (C=O) groups is 2. The Bertz CT molecular complexity index is 891. The fourth-order valence-corrected chi connectivity index (χ4v) is 4.21. The minimum atomic E-state index is -0.691. The average molecular weight is 406 g/mol. The molecule has 1 aromatic carbocycles. The molecule has 0 saturated carbocycles. The standard InChI is InChI=1S/C20H20ClNO4S/c1-3-4-9-22-17(15-6-5-10-27-15)16(19(24)20(22)25)18(23)13-11-12(21)7-8-14(13)26-2/h5-8,10-11,17,23H,3-4,9H2,1-2H3/b18-16-. The fraction of sp³-hybridized carbons (Fsp3) is 0.300. The predicted molar refractivity (Wildman–Crippen MR) is 106 cm³/mol. The first-order valence-electron chi connectivity index (χ1n) is 8.65. The molecule has 27 heavy (non-hydrogen) atoms. The molecule has 3 rings (SSSR count). The van der Waals surface area contributed by atoms with Crippen LogP contribution < -0.4 is 4.74 Å². The number of rotatable bonds is 6. The third-order valence-corrected chi connectivity index (χ3v) is 5.68. The molecule has 5 nitrogen and oxygen atoms in total. The number of unbranched alkanes of at least 4 members (excludes halogenated alkanes) is 1. The lowest BCUT2D eigenvalue weighted by Crippen LogP contribution is -2.30. The summed E-state index contributed by atoms with van der Waals surface area (Å²) in [6.07, 6.45) is 1.66. The Morgan fingerprint density at radius 3 is 2.74 bits per heavy atom. The Labute approximate surface area is 166 Å². The number of hydrogen-bond acceptors (Lipinski definition) is 5. The summed E-state index contributed by atoms with van der Waals surface area (Å²) in [7, 11) is 1.47. The Morgan fingerprint density at radius 2 is 2.11 bits per heavy atom. The van der Waals surface area contributed by atoms with Crippen molar-refractivity contribution in [2.45, 2.75) is 25.8 Å². The lowest BCUT2D eigenvalue weighted by molar-refractivity contribution is -0.139. The molecule has 1 fully saturated rings. The second kappa shape index (κ2) is 8.15. The summed E-state index contributed by atoms with van der Waals surface area (Å²) in [6.45, 7) is 2.47. The normalized spacial score (nSPS) is 18.9. The molecular formula is C20H20ClNO4S. The monoisotopic (exact) mass is 405 g/mol. The van der Waals surface area contributed by atoms with Gasteiger partial charge in [-0.1, -0.05) is 31.0 Å². The summed E-state index contributed by atoms with van der Waals surface area (Å²) in [5.41, 5.74) is 0.360. The number of aliphatic hydroxyl groups excluding tert-OH is 1. The summed E-state index contributed by atoms with van der Waals surface area (Å²) >= 11 is 7.52. The number of Topliss-reactive ketones (excluding diaryl/α,β-unsaturated/α-hetero) is 1. The van der Waals surface area contributed by atoms with E-state index in [1.165, 1.54) is 24.5 Å². The smallest absolute Gasteiger partial charge is 0.295 e. The number of ether oxygens (including phenoxy) is 1. The van der Waals surface area contributed by atoms with Crippen molar-refractivity contribution in [3.63, 3.8) is 0 Å². The van der Waals surface area contributed by atoms with E-state index in [1.807, 2.05) is 24.4 Å². The van der Waals surface area contributed by atoms with E-state index in [-0.39, 0.29) is 11.3 Å². The second-order valence-electron chi connectivity index (χ2n) is 6.21. The molecule has 0 bridgehead atoms. The molecule has 2 aromatic rings. The van der Waals surface area contributed by atoms with Crippen LogP contribution in [0.15, 0.2) is 41.3 Å². The molecule has 1 atom stereocenters. The minimum Gasteiger partial charge on any atom is -0.507 e. The summed E-state index contributed by atoms with van der Waals surface area (Å²) in [5, 5.41) is 13.3. The molecule has 142 valence electrons. The van der Waals surface area contributed by atoms with E-state index >= 15 is 0 Å². The molecule has 0 spiro atoms. The number of aliphatic hydroxyl groups is 1. The number of nitrogens with zero attached hydrogens (tertiary/aromatic N) is 1. The van der Waals surface area contributed by atoms with E-state index in [1.54, 1.807) is 17.0 Å². The third-order valence-electron chi connectivity index (χ3n) is 4.52. The number of benzene rings is 1. The number of hydrogen-bond donors (Lipinski definition) is 1. The van der Waals surface area contributed by atoms with Gasteiger partial charge in [-0.3, -0.25) is 9.59 Å². The van der Waals surface area contributed by atoms with Crippen LogP contribution in [-0.2, 0) is 9.59 Å². The van der Waals surface area contributed by atoms with Crippen LogP contribution >= 0.6 is 22.9 Å². The van der Waals surface area contributed by atoms with Crippen LogP contribution in [-0.4, -0.2) is 35.4 Å². The summed E-state index contributed by atoms with van der Waals surface area (Å²) in [4.78, 5) is 27.8. The van der Waals surface area contributed by atoms with Gasteiger partial charge in [-0.05, 0) is 36.1 Å². The lowest BCUT2D eigenvalue weighted by Gasteiger charge is -2.24. The SMILES string of the molecule is CCCCN1C(=O)C(=O)/C(=C(\O)c2cc(Cl)ccc2OC)C1c1cccs1. The number of carbonyl (C=O) groups excluding carboxylic acids is 2. The van der Waals surface area contributed by atoms with Crippen molar-refractivity contribution >= 4 is 40.4 Å². The Hall–Kier alpha value is -2.31. The highest BCUT2D eigenvalue weighted by Crippen LogP contribution is 2.42. The van der Waals surface area contributed by atoms with E-state index in [4.69, 9.17) is 16.3 Å². The Kier molecular flexibility index (Phi) is 5.87. The maximum atomic E-state index is 12.8. The zero-order valence-electron chi connectivity index (χ0n) is 15.1. The van der Waals surface area contributed by atoms with Crippen LogP contribution in [0.5, 0.6) is 5.75 Å². The van der Waals surface area contributed by atoms with E-state index in [9.17, 15) is 14.7 Å². The first-order chi connectivity index (χ1) is 13.0. The van der Waals surface area contributed by atoms with Crippen molar-refractivity contribution in [2.75, 3.05) is 13.7 Å².